The highest BCUT2D eigenvalue weighted by Crippen LogP contribution is 2.21. The van der Waals surface area contributed by atoms with E-state index in [1.165, 1.54) is 16.7 Å². The molecule has 3 rings (SSSR count). The van der Waals surface area contributed by atoms with Gasteiger partial charge in [-0.15, -0.1) is 0 Å². The Hall–Kier alpha value is -2.40. The van der Waals surface area contributed by atoms with Crippen molar-refractivity contribution in [1.82, 2.24) is 9.55 Å². The second kappa shape index (κ2) is 5.77. The van der Waals surface area contributed by atoms with Crippen LogP contribution in [-0.4, -0.2) is 16.7 Å². The average molecular weight is 319 g/mol. The van der Waals surface area contributed by atoms with Crippen LogP contribution >= 0.6 is 11.6 Å². The summed E-state index contributed by atoms with van der Waals surface area (Å²) in [7, 11) is 1.59. The molecule has 0 aliphatic heterocycles. The van der Waals surface area contributed by atoms with E-state index in [0.717, 1.165) is 17.5 Å². The first-order valence-electron chi connectivity index (χ1n) is 6.56. The van der Waals surface area contributed by atoms with Crippen molar-refractivity contribution >= 4 is 22.6 Å². The molecule has 0 aliphatic rings. The van der Waals surface area contributed by atoms with Crippen LogP contribution < -0.4 is 10.3 Å². The van der Waals surface area contributed by atoms with Gasteiger partial charge in [-0.05, 0) is 23.8 Å². The molecular formula is C16H12ClFN2O2. The molecule has 22 heavy (non-hydrogen) atoms. The van der Waals surface area contributed by atoms with Gasteiger partial charge in [0.15, 0.2) is 0 Å². The van der Waals surface area contributed by atoms with Crippen molar-refractivity contribution in [3.05, 3.63) is 69.4 Å². The zero-order chi connectivity index (χ0) is 15.7. The van der Waals surface area contributed by atoms with Crippen LogP contribution in [0.5, 0.6) is 5.75 Å². The van der Waals surface area contributed by atoms with E-state index in [2.05, 4.69) is 4.98 Å². The van der Waals surface area contributed by atoms with Gasteiger partial charge in [-0.25, -0.2) is 9.37 Å². The van der Waals surface area contributed by atoms with E-state index in [9.17, 15) is 9.18 Å². The van der Waals surface area contributed by atoms with E-state index >= 15 is 0 Å². The fourth-order valence-electron chi connectivity index (χ4n) is 2.26. The summed E-state index contributed by atoms with van der Waals surface area (Å²) in [5, 5.41) is 0.604. The number of hydrogen-bond acceptors (Lipinski definition) is 3. The highest BCUT2D eigenvalue weighted by molar-refractivity contribution is 6.35. The Morgan fingerprint density at radius 1 is 1.27 bits per heavy atom. The molecule has 1 aromatic carbocycles. The van der Waals surface area contributed by atoms with Gasteiger partial charge in [0.2, 0.25) is 0 Å². The molecule has 0 atom stereocenters. The first-order valence-corrected chi connectivity index (χ1v) is 6.94. The minimum Gasteiger partial charge on any atom is -0.497 e. The lowest BCUT2D eigenvalue weighted by atomic mass is 10.2. The number of hydrogen-bond donors (Lipinski definition) is 0. The number of methoxy groups -OCH3 is 1. The third-order valence-corrected chi connectivity index (χ3v) is 3.67. The first-order chi connectivity index (χ1) is 10.6. The van der Waals surface area contributed by atoms with E-state index < -0.39 is 5.82 Å². The lowest BCUT2D eigenvalue weighted by molar-refractivity contribution is 0.414. The number of aromatic nitrogens is 2. The molecule has 0 unspecified atom stereocenters. The zero-order valence-electron chi connectivity index (χ0n) is 11.7. The molecule has 0 saturated carbocycles. The molecule has 0 spiro atoms. The number of ether oxygens (including phenoxy) is 1. The van der Waals surface area contributed by atoms with E-state index in [1.54, 1.807) is 7.11 Å². The quantitative estimate of drug-likeness (QED) is 0.744. The molecule has 0 bridgehead atoms. The van der Waals surface area contributed by atoms with Crippen LogP contribution in [-0.2, 0) is 6.54 Å². The van der Waals surface area contributed by atoms with Gasteiger partial charge in [0.05, 0.1) is 24.9 Å². The molecule has 3 aromatic rings. The van der Waals surface area contributed by atoms with Crippen molar-refractivity contribution in [2.75, 3.05) is 7.11 Å². The molecule has 0 saturated heterocycles. The Bertz CT molecular complexity index is 891. The largest absolute Gasteiger partial charge is 0.497 e. The van der Waals surface area contributed by atoms with Gasteiger partial charge in [-0.2, -0.15) is 0 Å². The molecule has 0 radical (unpaired) electrons. The Balaban J connectivity index is 2.11. The smallest absolute Gasteiger partial charge is 0.253 e. The number of benzene rings is 1. The van der Waals surface area contributed by atoms with E-state index in [-0.39, 0.29) is 10.6 Å². The third-order valence-electron chi connectivity index (χ3n) is 3.36. The number of nitrogens with zero attached hydrogens (tertiary/aromatic N) is 2. The monoisotopic (exact) mass is 318 g/mol. The van der Waals surface area contributed by atoms with Crippen LogP contribution in [0.4, 0.5) is 4.39 Å². The maximum Gasteiger partial charge on any atom is 0.253 e. The fourth-order valence-corrected chi connectivity index (χ4v) is 2.49. The summed E-state index contributed by atoms with van der Waals surface area (Å²) in [4.78, 5) is 16.2. The average Bonchev–Trinajstić information content (AvgIpc) is 2.52. The van der Waals surface area contributed by atoms with E-state index in [1.807, 2.05) is 24.3 Å². The lowest BCUT2D eigenvalue weighted by Gasteiger charge is -2.11. The fraction of sp³-hybridized carbons (Fsp3) is 0.125. The SMILES string of the molecule is COc1ccc(Cn2c(=O)cc(Cl)c3cc(F)cnc32)cc1. The first kappa shape index (κ1) is 14.5. The molecule has 0 aliphatic carbocycles. The highest BCUT2D eigenvalue weighted by atomic mass is 35.5. The van der Waals surface area contributed by atoms with Gasteiger partial charge in [0.25, 0.3) is 5.56 Å². The van der Waals surface area contributed by atoms with E-state index in [4.69, 9.17) is 16.3 Å². The Morgan fingerprint density at radius 2 is 2.00 bits per heavy atom. The maximum absolute atomic E-state index is 13.3. The van der Waals surface area contributed by atoms with Gasteiger partial charge in [-0.1, -0.05) is 23.7 Å². The molecular weight excluding hydrogens is 307 g/mol. The molecule has 112 valence electrons. The minimum atomic E-state index is -0.496. The topological polar surface area (TPSA) is 44.1 Å². The third kappa shape index (κ3) is 2.67. The summed E-state index contributed by atoms with van der Waals surface area (Å²) in [6.07, 6.45) is 1.07. The highest BCUT2D eigenvalue weighted by Gasteiger charge is 2.10. The second-order valence-electron chi connectivity index (χ2n) is 4.79. The Labute approximate surface area is 130 Å². The summed E-state index contributed by atoms with van der Waals surface area (Å²) in [5.74, 6) is 0.237. The molecule has 2 heterocycles. The van der Waals surface area contributed by atoms with Gasteiger partial charge < -0.3 is 4.74 Å². The minimum absolute atomic E-state index is 0.193. The lowest BCUT2D eigenvalue weighted by Crippen LogP contribution is -2.21. The normalized spacial score (nSPS) is 10.9. The zero-order valence-corrected chi connectivity index (χ0v) is 12.5. The molecule has 4 nitrogen and oxygen atoms in total. The number of fused-ring (bicyclic) bond motifs is 1. The summed E-state index contributed by atoms with van der Waals surface area (Å²) in [5.41, 5.74) is 0.972. The summed E-state index contributed by atoms with van der Waals surface area (Å²) < 4.78 is 19.9. The number of rotatable bonds is 3. The van der Waals surface area contributed by atoms with Crippen LogP contribution in [0.15, 0.2) is 47.4 Å². The van der Waals surface area contributed by atoms with Gasteiger partial charge >= 0.3 is 0 Å². The molecule has 6 heteroatoms. The number of halogens is 2. The van der Waals surface area contributed by atoms with Gasteiger partial charge in [0, 0.05) is 11.5 Å². The molecule has 0 fully saturated rings. The maximum atomic E-state index is 13.3. The van der Waals surface area contributed by atoms with Crippen LogP contribution in [0.3, 0.4) is 0 Å². The van der Waals surface area contributed by atoms with Crippen LogP contribution in [0.25, 0.3) is 11.0 Å². The molecule has 0 N–H and O–H groups in total. The predicted octanol–water partition coefficient (Wildman–Crippen LogP) is 3.25. The second-order valence-corrected chi connectivity index (χ2v) is 5.20. The van der Waals surface area contributed by atoms with E-state index in [0.29, 0.717) is 17.6 Å². The number of pyridine rings is 2. The Kier molecular flexibility index (Phi) is 3.81. The Morgan fingerprint density at radius 3 is 2.68 bits per heavy atom. The summed E-state index contributed by atoms with van der Waals surface area (Å²) in [6, 6.07) is 9.88. The van der Waals surface area contributed by atoms with Gasteiger partial charge in [-0.3, -0.25) is 9.36 Å². The molecule has 2 aromatic heterocycles. The van der Waals surface area contributed by atoms with Crippen LogP contribution in [0.1, 0.15) is 5.56 Å². The van der Waals surface area contributed by atoms with Crippen molar-refractivity contribution in [3.63, 3.8) is 0 Å². The van der Waals surface area contributed by atoms with Gasteiger partial charge in [0.1, 0.15) is 17.2 Å². The predicted molar refractivity (Wildman–Crippen MR) is 83.1 cm³/mol. The standard InChI is InChI=1S/C16H12ClFN2O2/c1-22-12-4-2-10(3-5-12)9-20-15(21)7-14(17)13-6-11(18)8-19-16(13)20/h2-8H,9H2,1H3. The van der Waals surface area contributed by atoms with Crippen molar-refractivity contribution in [1.29, 1.82) is 0 Å². The molecule has 0 amide bonds. The van der Waals surface area contributed by atoms with Crippen molar-refractivity contribution < 1.29 is 9.13 Å². The van der Waals surface area contributed by atoms with Crippen molar-refractivity contribution in [3.8, 4) is 5.75 Å². The van der Waals surface area contributed by atoms with Crippen LogP contribution in [0.2, 0.25) is 5.02 Å². The van der Waals surface area contributed by atoms with Crippen molar-refractivity contribution in [2.45, 2.75) is 6.54 Å². The van der Waals surface area contributed by atoms with Crippen LogP contribution in [0, 0.1) is 5.82 Å². The summed E-state index contributed by atoms with van der Waals surface area (Å²) in [6.45, 7) is 0.315. The summed E-state index contributed by atoms with van der Waals surface area (Å²) >= 11 is 6.01. The van der Waals surface area contributed by atoms with Crippen molar-refractivity contribution in [2.24, 2.45) is 0 Å².